The monoisotopic (exact) mass is 341 g/mol. The van der Waals surface area contributed by atoms with Crippen LogP contribution in [0.2, 0.25) is 0 Å². The van der Waals surface area contributed by atoms with Crippen LogP contribution in [0, 0.1) is 5.92 Å². The summed E-state index contributed by atoms with van der Waals surface area (Å²) in [6.45, 7) is 6.31. The standard InChI is InChI=1S/C20H39NO3/c1-5-6-7-8-9-10-11-12-13-14-15-19(22)21-18(16-17(2)3)20(23)24-4/h17-18H,5-16H2,1-4H3,(H,21,22)/t18-/m0/s1. The second-order valence-corrected chi connectivity index (χ2v) is 7.20. The molecule has 0 saturated heterocycles. The number of carbonyl (C=O) groups is 2. The Labute approximate surface area is 149 Å². The fraction of sp³-hybridized carbons (Fsp3) is 0.900. The minimum absolute atomic E-state index is 0.0365. The van der Waals surface area contributed by atoms with Crippen molar-refractivity contribution in [1.82, 2.24) is 5.32 Å². The van der Waals surface area contributed by atoms with E-state index in [-0.39, 0.29) is 11.9 Å². The van der Waals surface area contributed by atoms with E-state index in [4.69, 9.17) is 4.74 Å². The van der Waals surface area contributed by atoms with E-state index in [1.54, 1.807) is 0 Å². The van der Waals surface area contributed by atoms with Gasteiger partial charge in [0, 0.05) is 6.42 Å². The summed E-state index contributed by atoms with van der Waals surface area (Å²) in [5.74, 6) is -0.0440. The molecule has 0 aliphatic heterocycles. The van der Waals surface area contributed by atoms with Crippen molar-refractivity contribution < 1.29 is 14.3 Å². The van der Waals surface area contributed by atoms with Gasteiger partial charge >= 0.3 is 5.97 Å². The van der Waals surface area contributed by atoms with Crippen molar-refractivity contribution in [3.8, 4) is 0 Å². The minimum Gasteiger partial charge on any atom is -0.467 e. The van der Waals surface area contributed by atoms with Crippen LogP contribution in [0.5, 0.6) is 0 Å². The summed E-state index contributed by atoms with van der Waals surface area (Å²) in [5.41, 5.74) is 0. The van der Waals surface area contributed by atoms with E-state index < -0.39 is 6.04 Å². The molecular weight excluding hydrogens is 302 g/mol. The molecule has 1 atom stereocenters. The van der Waals surface area contributed by atoms with Crippen LogP contribution < -0.4 is 5.32 Å². The van der Waals surface area contributed by atoms with Crippen molar-refractivity contribution in [2.45, 2.75) is 104 Å². The van der Waals surface area contributed by atoms with E-state index in [1.807, 2.05) is 13.8 Å². The van der Waals surface area contributed by atoms with E-state index in [0.29, 0.717) is 18.8 Å². The van der Waals surface area contributed by atoms with Gasteiger partial charge in [-0.05, 0) is 18.8 Å². The Balaban J connectivity index is 3.68. The fourth-order valence-corrected chi connectivity index (χ4v) is 2.87. The first-order valence-electron chi connectivity index (χ1n) is 9.88. The maximum absolute atomic E-state index is 12.0. The number of nitrogens with one attached hydrogen (secondary N) is 1. The number of hydrogen-bond donors (Lipinski definition) is 1. The molecule has 0 unspecified atom stereocenters. The van der Waals surface area contributed by atoms with Gasteiger partial charge in [0.15, 0.2) is 0 Å². The van der Waals surface area contributed by atoms with Crippen LogP contribution in [-0.2, 0) is 14.3 Å². The van der Waals surface area contributed by atoms with E-state index >= 15 is 0 Å². The lowest BCUT2D eigenvalue weighted by Crippen LogP contribution is -2.42. The molecule has 24 heavy (non-hydrogen) atoms. The van der Waals surface area contributed by atoms with Gasteiger partial charge in [0.05, 0.1) is 7.11 Å². The molecule has 0 rings (SSSR count). The van der Waals surface area contributed by atoms with Crippen molar-refractivity contribution in [3.05, 3.63) is 0 Å². The predicted molar refractivity (Wildman–Crippen MR) is 99.9 cm³/mol. The zero-order chi connectivity index (χ0) is 18.2. The van der Waals surface area contributed by atoms with Crippen molar-refractivity contribution in [2.24, 2.45) is 5.92 Å². The van der Waals surface area contributed by atoms with Crippen LogP contribution in [0.15, 0.2) is 0 Å². The van der Waals surface area contributed by atoms with Gasteiger partial charge < -0.3 is 10.1 Å². The highest BCUT2D eigenvalue weighted by Gasteiger charge is 2.22. The highest BCUT2D eigenvalue weighted by molar-refractivity contribution is 5.84. The molecule has 0 fully saturated rings. The van der Waals surface area contributed by atoms with Gasteiger partial charge in [-0.15, -0.1) is 0 Å². The summed E-state index contributed by atoms with van der Waals surface area (Å²) >= 11 is 0. The van der Waals surface area contributed by atoms with Crippen molar-refractivity contribution in [1.29, 1.82) is 0 Å². The average Bonchev–Trinajstić information content (AvgIpc) is 2.54. The lowest BCUT2D eigenvalue weighted by Gasteiger charge is -2.18. The molecule has 0 aliphatic carbocycles. The number of hydrogen-bond acceptors (Lipinski definition) is 3. The first-order chi connectivity index (χ1) is 11.5. The van der Waals surface area contributed by atoms with Crippen LogP contribution in [0.1, 0.15) is 97.8 Å². The van der Waals surface area contributed by atoms with Crippen LogP contribution in [0.3, 0.4) is 0 Å². The summed E-state index contributed by atoms with van der Waals surface area (Å²) in [7, 11) is 1.37. The van der Waals surface area contributed by atoms with Crippen LogP contribution >= 0.6 is 0 Å². The number of esters is 1. The molecule has 0 aromatic heterocycles. The van der Waals surface area contributed by atoms with Gasteiger partial charge in [0.1, 0.15) is 6.04 Å². The Hall–Kier alpha value is -1.06. The number of unbranched alkanes of at least 4 members (excludes halogenated alkanes) is 9. The Morgan fingerprint density at radius 1 is 0.875 bits per heavy atom. The first kappa shape index (κ1) is 22.9. The molecule has 0 aromatic rings. The van der Waals surface area contributed by atoms with E-state index in [0.717, 1.165) is 12.8 Å². The van der Waals surface area contributed by atoms with Gasteiger partial charge in [0.2, 0.25) is 5.91 Å². The topological polar surface area (TPSA) is 55.4 Å². The lowest BCUT2D eigenvalue weighted by molar-refractivity contribution is -0.145. The molecule has 4 heteroatoms. The maximum Gasteiger partial charge on any atom is 0.328 e. The molecule has 0 radical (unpaired) electrons. The molecule has 0 saturated carbocycles. The summed E-state index contributed by atoms with van der Waals surface area (Å²) in [6, 6.07) is -0.509. The Morgan fingerprint density at radius 2 is 1.38 bits per heavy atom. The van der Waals surface area contributed by atoms with Gasteiger partial charge in [0.25, 0.3) is 0 Å². The predicted octanol–water partition coefficient (Wildman–Crippen LogP) is 5.00. The van der Waals surface area contributed by atoms with Crippen LogP contribution in [-0.4, -0.2) is 25.0 Å². The van der Waals surface area contributed by atoms with Gasteiger partial charge in [-0.1, -0.05) is 78.6 Å². The summed E-state index contributed by atoms with van der Waals surface area (Å²) in [4.78, 5) is 23.7. The highest BCUT2D eigenvalue weighted by atomic mass is 16.5. The highest BCUT2D eigenvalue weighted by Crippen LogP contribution is 2.12. The van der Waals surface area contributed by atoms with E-state index in [9.17, 15) is 9.59 Å². The number of methoxy groups -OCH3 is 1. The Kier molecular flexibility index (Phi) is 14.8. The molecule has 0 bridgehead atoms. The van der Waals surface area contributed by atoms with Gasteiger partial charge in [-0.3, -0.25) is 4.79 Å². The summed E-state index contributed by atoms with van der Waals surface area (Å²) in [6.07, 6.45) is 13.6. The fourth-order valence-electron chi connectivity index (χ4n) is 2.87. The quantitative estimate of drug-likeness (QED) is 0.337. The molecule has 0 aliphatic rings. The normalized spacial score (nSPS) is 12.2. The van der Waals surface area contributed by atoms with Crippen LogP contribution in [0.4, 0.5) is 0 Å². The molecule has 142 valence electrons. The maximum atomic E-state index is 12.0. The Morgan fingerprint density at radius 3 is 1.83 bits per heavy atom. The second-order valence-electron chi connectivity index (χ2n) is 7.20. The third-order valence-corrected chi connectivity index (χ3v) is 4.29. The lowest BCUT2D eigenvalue weighted by atomic mass is 10.0. The molecule has 1 amide bonds. The van der Waals surface area contributed by atoms with Crippen molar-refractivity contribution in [3.63, 3.8) is 0 Å². The third kappa shape index (κ3) is 13.4. The zero-order valence-corrected chi connectivity index (χ0v) is 16.4. The molecule has 1 N–H and O–H groups in total. The first-order valence-corrected chi connectivity index (χ1v) is 9.88. The smallest absolute Gasteiger partial charge is 0.328 e. The number of ether oxygens (including phenoxy) is 1. The average molecular weight is 342 g/mol. The number of carbonyl (C=O) groups excluding carboxylic acids is 2. The SMILES string of the molecule is CCCCCCCCCCCCC(=O)N[C@@H](CC(C)C)C(=O)OC. The Bertz CT molecular complexity index is 329. The summed E-state index contributed by atoms with van der Waals surface area (Å²) < 4.78 is 4.77. The molecular formula is C20H39NO3. The molecule has 0 heterocycles. The zero-order valence-electron chi connectivity index (χ0n) is 16.4. The molecule has 0 aromatic carbocycles. The second kappa shape index (κ2) is 15.5. The van der Waals surface area contributed by atoms with Gasteiger partial charge in [-0.25, -0.2) is 4.79 Å². The third-order valence-electron chi connectivity index (χ3n) is 4.29. The molecule has 4 nitrogen and oxygen atoms in total. The van der Waals surface area contributed by atoms with E-state index in [1.165, 1.54) is 58.5 Å². The van der Waals surface area contributed by atoms with E-state index in [2.05, 4.69) is 12.2 Å². The largest absolute Gasteiger partial charge is 0.467 e. The van der Waals surface area contributed by atoms with Gasteiger partial charge in [-0.2, -0.15) is 0 Å². The van der Waals surface area contributed by atoms with Crippen molar-refractivity contribution >= 4 is 11.9 Å². The summed E-state index contributed by atoms with van der Waals surface area (Å²) in [5, 5.41) is 2.82. The van der Waals surface area contributed by atoms with Crippen molar-refractivity contribution in [2.75, 3.05) is 7.11 Å². The number of rotatable bonds is 15. The number of amides is 1. The minimum atomic E-state index is -0.509. The van der Waals surface area contributed by atoms with Crippen LogP contribution in [0.25, 0.3) is 0 Å². The molecule has 0 spiro atoms.